The summed E-state index contributed by atoms with van der Waals surface area (Å²) in [7, 11) is 3.91. The molecule has 0 rings (SSSR count). The molecule has 0 heterocycles. The van der Waals surface area contributed by atoms with E-state index in [1.54, 1.807) is 0 Å². The first-order chi connectivity index (χ1) is 3.27. The standard InChI is InChI=1S/C5H10N2.H2O/c1-7(2)5-3-4-6;/h3,5H2,1-2H3;1H2. The van der Waals surface area contributed by atoms with Crippen molar-refractivity contribution >= 4 is 0 Å². The van der Waals surface area contributed by atoms with E-state index < -0.39 is 0 Å². The van der Waals surface area contributed by atoms with Gasteiger partial charge in [0.15, 0.2) is 0 Å². The van der Waals surface area contributed by atoms with Crippen LogP contribution in [0.4, 0.5) is 0 Å². The van der Waals surface area contributed by atoms with E-state index in [0.717, 1.165) is 6.54 Å². The minimum absolute atomic E-state index is 0. The van der Waals surface area contributed by atoms with Crippen molar-refractivity contribution in [3.63, 3.8) is 0 Å². The topological polar surface area (TPSA) is 58.5 Å². The molecule has 0 radical (unpaired) electrons. The Kier molecular flexibility index (Phi) is 8.34. The number of rotatable bonds is 2. The highest BCUT2D eigenvalue weighted by Crippen LogP contribution is 1.76. The second kappa shape index (κ2) is 6.41. The summed E-state index contributed by atoms with van der Waals surface area (Å²) in [5.74, 6) is 0. The van der Waals surface area contributed by atoms with E-state index >= 15 is 0 Å². The Morgan fingerprint density at radius 1 is 1.50 bits per heavy atom. The molecule has 0 fully saturated rings. The quantitative estimate of drug-likeness (QED) is 0.494. The van der Waals surface area contributed by atoms with E-state index in [0.29, 0.717) is 6.42 Å². The molecule has 3 nitrogen and oxygen atoms in total. The molecule has 0 aromatic rings. The lowest BCUT2D eigenvalue weighted by molar-refractivity contribution is 0.419. The van der Waals surface area contributed by atoms with E-state index in [2.05, 4.69) is 6.07 Å². The van der Waals surface area contributed by atoms with Gasteiger partial charge in [0.05, 0.1) is 6.07 Å². The molecular formula is C5H12N2O. The maximum atomic E-state index is 8.04. The molecule has 3 heteroatoms. The molecule has 0 unspecified atom stereocenters. The third-order valence-corrected chi connectivity index (χ3v) is 0.671. The summed E-state index contributed by atoms with van der Waals surface area (Å²) in [4.78, 5) is 1.99. The van der Waals surface area contributed by atoms with Crippen LogP contribution in [0.5, 0.6) is 0 Å². The van der Waals surface area contributed by atoms with Crippen molar-refractivity contribution in [1.82, 2.24) is 4.90 Å². The second-order valence-corrected chi connectivity index (χ2v) is 1.71. The molecular weight excluding hydrogens is 104 g/mol. The van der Waals surface area contributed by atoms with Gasteiger partial charge in [0.1, 0.15) is 0 Å². The molecule has 2 N–H and O–H groups in total. The van der Waals surface area contributed by atoms with Crippen molar-refractivity contribution in [3.8, 4) is 6.07 Å². The van der Waals surface area contributed by atoms with E-state index in [1.165, 1.54) is 0 Å². The summed E-state index contributed by atoms with van der Waals surface area (Å²) in [6.07, 6.45) is 0.632. The van der Waals surface area contributed by atoms with Crippen LogP contribution in [-0.2, 0) is 0 Å². The first-order valence-electron chi connectivity index (χ1n) is 2.29. The van der Waals surface area contributed by atoms with Crippen LogP contribution in [0.1, 0.15) is 6.42 Å². The maximum absolute atomic E-state index is 8.04. The monoisotopic (exact) mass is 116 g/mol. The highest BCUT2D eigenvalue weighted by atomic mass is 16.0. The Morgan fingerprint density at radius 2 is 2.00 bits per heavy atom. The van der Waals surface area contributed by atoms with Crippen LogP contribution in [0.25, 0.3) is 0 Å². The molecule has 0 aliphatic rings. The van der Waals surface area contributed by atoms with Crippen molar-refractivity contribution in [2.24, 2.45) is 0 Å². The Labute approximate surface area is 49.8 Å². The highest BCUT2D eigenvalue weighted by molar-refractivity contribution is 4.69. The van der Waals surface area contributed by atoms with Crippen LogP contribution in [0, 0.1) is 11.3 Å². The highest BCUT2D eigenvalue weighted by Gasteiger charge is 1.83. The Morgan fingerprint density at radius 3 is 2.12 bits per heavy atom. The zero-order valence-electron chi connectivity index (χ0n) is 5.31. The molecule has 0 aliphatic heterocycles. The maximum Gasteiger partial charge on any atom is 0.0635 e. The van der Waals surface area contributed by atoms with Gasteiger partial charge in [-0.15, -0.1) is 0 Å². The van der Waals surface area contributed by atoms with Crippen LogP contribution >= 0.6 is 0 Å². The predicted octanol–water partition coefficient (Wildman–Crippen LogP) is -0.363. The summed E-state index contributed by atoms with van der Waals surface area (Å²) in [5, 5.41) is 8.04. The summed E-state index contributed by atoms with van der Waals surface area (Å²) >= 11 is 0. The zero-order chi connectivity index (χ0) is 5.70. The summed E-state index contributed by atoms with van der Waals surface area (Å²) in [6, 6.07) is 2.06. The lowest BCUT2D eigenvalue weighted by Crippen LogP contribution is -2.11. The minimum Gasteiger partial charge on any atom is -0.412 e. The zero-order valence-corrected chi connectivity index (χ0v) is 5.31. The lowest BCUT2D eigenvalue weighted by Gasteiger charge is -2.02. The van der Waals surface area contributed by atoms with Gasteiger partial charge in [-0.25, -0.2) is 0 Å². The molecule has 0 aliphatic carbocycles. The fourth-order valence-corrected chi connectivity index (χ4v) is 0.274. The number of hydrogen-bond donors (Lipinski definition) is 0. The fourth-order valence-electron chi connectivity index (χ4n) is 0.274. The molecule has 0 saturated heterocycles. The predicted molar refractivity (Wildman–Crippen MR) is 32.4 cm³/mol. The van der Waals surface area contributed by atoms with E-state index in [-0.39, 0.29) is 5.48 Å². The van der Waals surface area contributed by atoms with Crippen molar-refractivity contribution < 1.29 is 5.48 Å². The third kappa shape index (κ3) is 9.05. The second-order valence-electron chi connectivity index (χ2n) is 1.71. The molecule has 0 aromatic heterocycles. The average molecular weight is 116 g/mol. The lowest BCUT2D eigenvalue weighted by atomic mass is 10.4. The summed E-state index contributed by atoms with van der Waals surface area (Å²) in [5.41, 5.74) is 0. The largest absolute Gasteiger partial charge is 0.412 e. The van der Waals surface area contributed by atoms with Gasteiger partial charge in [-0.05, 0) is 14.1 Å². The van der Waals surface area contributed by atoms with Crippen LogP contribution in [0.3, 0.4) is 0 Å². The molecule has 0 spiro atoms. The number of nitriles is 1. The first kappa shape index (κ1) is 10.4. The minimum atomic E-state index is 0. The Balaban J connectivity index is 0. The molecule has 0 atom stereocenters. The van der Waals surface area contributed by atoms with E-state index in [1.807, 2.05) is 19.0 Å². The van der Waals surface area contributed by atoms with Crippen LogP contribution in [0.15, 0.2) is 0 Å². The summed E-state index contributed by atoms with van der Waals surface area (Å²) in [6.45, 7) is 0.872. The van der Waals surface area contributed by atoms with Gasteiger partial charge >= 0.3 is 0 Å². The van der Waals surface area contributed by atoms with Crippen molar-refractivity contribution in [1.29, 1.82) is 5.26 Å². The SMILES string of the molecule is CN(C)CCC#N.O. The van der Waals surface area contributed by atoms with E-state index in [4.69, 9.17) is 5.26 Å². The van der Waals surface area contributed by atoms with Gasteiger partial charge in [0, 0.05) is 13.0 Å². The molecule has 0 bridgehead atoms. The van der Waals surface area contributed by atoms with Gasteiger partial charge < -0.3 is 10.4 Å². The average Bonchev–Trinajstić information content (AvgIpc) is 1.61. The number of nitrogens with zero attached hydrogens (tertiary/aromatic N) is 2. The van der Waals surface area contributed by atoms with E-state index in [9.17, 15) is 0 Å². The van der Waals surface area contributed by atoms with Crippen molar-refractivity contribution in [3.05, 3.63) is 0 Å². The first-order valence-corrected chi connectivity index (χ1v) is 2.29. The Hall–Kier alpha value is -0.590. The molecule has 48 valence electrons. The van der Waals surface area contributed by atoms with Crippen molar-refractivity contribution in [2.75, 3.05) is 20.6 Å². The van der Waals surface area contributed by atoms with Crippen LogP contribution in [0.2, 0.25) is 0 Å². The Bertz CT molecular complexity index is 75.0. The molecule has 0 amide bonds. The van der Waals surface area contributed by atoms with Crippen LogP contribution in [-0.4, -0.2) is 31.0 Å². The van der Waals surface area contributed by atoms with Crippen molar-refractivity contribution in [2.45, 2.75) is 6.42 Å². The van der Waals surface area contributed by atoms with Gasteiger partial charge in [0.2, 0.25) is 0 Å². The fraction of sp³-hybridized carbons (Fsp3) is 0.800. The third-order valence-electron chi connectivity index (χ3n) is 0.671. The summed E-state index contributed by atoms with van der Waals surface area (Å²) < 4.78 is 0. The van der Waals surface area contributed by atoms with Gasteiger partial charge in [-0.3, -0.25) is 0 Å². The molecule has 0 aromatic carbocycles. The normalized spacial score (nSPS) is 7.75. The molecule has 0 saturated carbocycles. The van der Waals surface area contributed by atoms with Crippen LogP contribution < -0.4 is 0 Å². The smallest absolute Gasteiger partial charge is 0.0635 e. The van der Waals surface area contributed by atoms with Gasteiger partial charge in [-0.1, -0.05) is 0 Å². The van der Waals surface area contributed by atoms with Gasteiger partial charge in [-0.2, -0.15) is 5.26 Å². The van der Waals surface area contributed by atoms with Gasteiger partial charge in [0.25, 0.3) is 0 Å². The number of hydrogen-bond acceptors (Lipinski definition) is 2. The molecule has 8 heavy (non-hydrogen) atoms.